The Kier molecular flexibility index (Phi) is 8.56. The first-order valence-electron chi connectivity index (χ1n) is 9.28. The van der Waals surface area contributed by atoms with Crippen LogP contribution in [0, 0.1) is 0 Å². The maximum Gasteiger partial charge on any atom is 0.408 e. The quantitative estimate of drug-likeness (QED) is 0.455. The van der Waals surface area contributed by atoms with E-state index in [1.807, 2.05) is 48.5 Å². The van der Waals surface area contributed by atoms with Crippen molar-refractivity contribution in [2.75, 3.05) is 7.11 Å². The number of alkyl carbamates (subject to hydrolysis) is 1. The van der Waals surface area contributed by atoms with Crippen molar-refractivity contribution in [1.29, 1.82) is 0 Å². The second kappa shape index (κ2) is 10.9. The van der Waals surface area contributed by atoms with Gasteiger partial charge in [0.2, 0.25) is 0 Å². The molecule has 0 saturated heterocycles. The molecule has 2 atom stereocenters. The van der Waals surface area contributed by atoms with Crippen LogP contribution in [0.5, 0.6) is 0 Å². The minimum Gasteiger partial charge on any atom is -0.445 e. The second-order valence-electron chi connectivity index (χ2n) is 6.33. The van der Waals surface area contributed by atoms with E-state index in [1.54, 1.807) is 12.1 Å². The van der Waals surface area contributed by atoms with Crippen LogP contribution in [0.4, 0.5) is 4.79 Å². The first kappa shape index (κ1) is 21.2. The van der Waals surface area contributed by atoms with Crippen LogP contribution >= 0.6 is 7.37 Å². The molecule has 2 aromatic carbocycles. The van der Waals surface area contributed by atoms with Gasteiger partial charge in [-0.1, -0.05) is 74.7 Å². The normalized spacial score (nSPS) is 14.1. The van der Waals surface area contributed by atoms with E-state index in [0.717, 1.165) is 24.8 Å². The van der Waals surface area contributed by atoms with Gasteiger partial charge in [-0.2, -0.15) is 0 Å². The van der Waals surface area contributed by atoms with Gasteiger partial charge in [0, 0.05) is 12.4 Å². The minimum atomic E-state index is -3.26. The average molecular weight is 389 g/mol. The first-order chi connectivity index (χ1) is 13.1. The monoisotopic (exact) mass is 389 g/mol. The van der Waals surface area contributed by atoms with Gasteiger partial charge in [0.1, 0.15) is 12.4 Å². The van der Waals surface area contributed by atoms with Crippen LogP contribution in [0.15, 0.2) is 60.7 Å². The molecule has 6 heteroatoms. The number of carbonyl (C=O) groups is 1. The van der Waals surface area contributed by atoms with Crippen molar-refractivity contribution < 1.29 is 18.6 Å². The molecule has 0 radical (unpaired) electrons. The summed E-state index contributed by atoms with van der Waals surface area (Å²) >= 11 is 0. The highest BCUT2D eigenvalue weighted by Crippen LogP contribution is 2.50. The smallest absolute Gasteiger partial charge is 0.408 e. The lowest BCUT2D eigenvalue weighted by atomic mass is 10.2. The molecular formula is C21H28NO4P. The zero-order valence-electron chi connectivity index (χ0n) is 16.0. The molecule has 0 aliphatic rings. The van der Waals surface area contributed by atoms with Gasteiger partial charge in [-0.05, 0) is 24.1 Å². The molecular weight excluding hydrogens is 361 g/mol. The summed E-state index contributed by atoms with van der Waals surface area (Å²) < 4.78 is 24.4. The van der Waals surface area contributed by atoms with Crippen molar-refractivity contribution in [2.24, 2.45) is 0 Å². The molecule has 27 heavy (non-hydrogen) atoms. The van der Waals surface area contributed by atoms with Crippen LogP contribution in [0.25, 0.3) is 0 Å². The van der Waals surface area contributed by atoms with Crippen molar-refractivity contribution in [1.82, 2.24) is 5.32 Å². The maximum atomic E-state index is 13.6. The largest absolute Gasteiger partial charge is 0.445 e. The van der Waals surface area contributed by atoms with Gasteiger partial charge in [0.05, 0.1) is 0 Å². The zero-order valence-corrected chi connectivity index (χ0v) is 16.9. The first-order valence-corrected chi connectivity index (χ1v) is 11.0. The minimum absolute atomic E-state index is 0.164. The Balaban J connectivity index is 2.10. The molecule has 0 aliphatic carbocycles. The third kappa shape index (κ3) is 6.23. The molecule has 2 aromatic rings. The van der Waals surface area contributed by atoms with E-state index in [1.165, 1.54) is 7.11 Å². The molecule has 0 aromatic heterocycles. The SMILES string of the molecule is CCCCCC(NC(=O)OCc1ccccc1)P(=O)(OC)c1ccccc1. The number of unbranched alkanes of at least 4 members (excludes halogenated alkanes) is 2. The van der Waals surface area contributed by atoms with Gasteiger partial charge in [-0.25, -0.2) is 4.79 Å². The van der Waals surface area contributed by atoms with Gasteiger partial charge >= 0.3 is 6.09 Å². The number of hydrogen-bond donors (Lipinski definition) is 1. The van der Waals surface area contributed by atoms with Crippen molar-refractivity contribution in [3.8, 4) is 0 Å². The van der Waals surface area contributed by atoms with Gasteiger partial charge in [-0.3, -0.25) is 4.57 Å². The molecule has 0 bridgehead atoms. The van der Waals surface area contributed by atoms with E-state index in [2.05, 4.69) is 12.2 Å². The average Bonchev–Trinajstić information content (AvgIpc) is 2.72. The summed E-state index contributed by atoms with van der Waals surface area (Å²) in [5, 5.41) is 3.38. The van der Waals surface area contributed by atoms with Gasteiger partial charge < -0.3 is 14.6 Å². The van der Waals surface area contributed by atoms with E-state index in [-0.39, 0.29) is 6.61 Å². The van der Waals surface area contributed by atoms with Crippen LogP contribution in [-0.4, -0.2) is 19.0 Å². The fraction of sp³-hybridized carbons (Fsp3) is 0.381. The summed E-state index contributed by atoms with van der Waals surface area (Å²) in [4.78, 5) is 12.3. The highest BCUT2D eigenvalue weighted by Gasteiger charge is 2.36. The number of hydrogen-bond acceptors (Lipinski definition) is 4. The summed E-state index contributed by atoms with van der Waals surface area (Å²) in [7, 11) is -1.84. The molecule has 0 saturated carbocycles. The van der Waals surface area contributed by atoms with Gasteiger partial charge in [-0.15, -0.1) is 0 Å². The van der Waals surface area contributed by atoms with E-state index in [4.69, 9.17) is 9.26 Å². The second-order valence-corrected chi connectivity index (χ2v) is 9.03. The topological polar surface area (TPSA) is 64.6 Å². The summed E-state index contributed by atoms with van der Waals surface area (Å²) in [6, 6.07) is 18.5. The predicted octanol–water partition coefficient (Wildman–Crippen LogP) is 5.07. The fourth-order valence-corrected chi connectivity index (χ4v) is 5.07. The number of ether oxygens (including phenoxy) is 1. The highest BCUT2D eigenvalue weighted by molar-refractivity contribution is 7.67. The number of benzene rings is 2. The lowest BCUT2D eigenvalue weighted by Crippen LogP contribution is -2.38. The Hall–Kier alpha value is -2.10. The van der Waals surface area contributed by atoms with Gasteiger partial charge in [0.15, 0.2) is 0 Å². The number of rotatable bonds is 10. The Morgan fingerprint density at radius 2 is 1.67 bits per heavy atom. The van der Waals surface area contributed by atoms with E-state index < -0.39 is 19.2 Å². The van der Waals surface area contributed by atoms with Crippen molar-refractivity contribution >= 4 is 18.8 Å². The maximum absolute atomic E-state index is 13.6. The van der Waals surface area contributed by atoms with Crippen molar-refractivity contribution in [3.05, 3.63) is 66.2 Å². The van der Waals surface area contributed by atoms with E-state index in [9.17, 15) is 9.36 Å². The Bertz CT molecular complexity index is 736. The van der Waals surface area contributed by atoms with Crippen LogP contribution in [0.1, 0.15) is 38.2 Å². The molecule has 1 amide bonds. The number of amides is 1. The van der Waals surface area contributed by atoms with Gasteiger partial charge in [0.25, 0.3) is 7.37 Å². The predicted molar refractivity (Wildman–Crippen MR) is 108 cm³/mol. The molecule has 0 heterocycles. The zero-order chi connectivity index (χ0) is 19.5. The van der Waals surface area contributed by atoms with Crippen LogP contribution in [-0.2, 0) is 20.4 Å². The van der Waals surface area contributed by atoms with Crippen LogP contribution in [0.2, 0.25) is 0 Å². The molecule has 0 spiro atoms. The standard InChI is InChI=1S/C21H28NO4P/c1-3-4-7-16-20(27(24,25-2)19-14-10-6-11-15-19)22-21(23)26-17-18-12-8-5-9-13-18/h5-6,8-15,20H,3-4,7,16-17H2,1-2H3,(H,22,23). The molecule has 2 rings (SSSR count). The Morgan fingerprint density at radius 1 is 1.04 bits per heavy atom. The fourth-order valence-electron chi connectivity index (χ4n) is 2.86. The van der Waals surface area contributed by atoms with Crippen LogP contribution in [0.3, 0.4) is 0 Å². The number of carbonyl (C=O) groups excluding carboxylic acids is 1. The van der Waals surface area contributed by atoms with Crippen molar-refractivity contribution in [2.45, 2.75) is 45.0 Å². The van der Waals surface area contributed by atoms with E-state index >= 15 is 0 Å². The van der Waals surface area contributed by atoms with Crippen molar-refractivity contribution in [3.63, 3.8) is 0 Å². The molecule has 0 fully saturated rings. The Labute approximate surface area is 161 Å². The molecule has 146 valence electrons. The van der Waals surface area contributed by atoms with Crippen LogP contribution < -0.4 is 10.6 Å². The molecule has 0 aliphatic heterocycles. The molecule has 5 nitrogen and oxygen atoms in total. The summed E-state index contributed by atoms with van der Waals surface area (Å²) in [6.07, 6.45) is 2.85. The summed E-state index contributed by atoms with van der Waals surface area (Å²) in [5.74, 6) is -0.625. The molecule has 2 unspecified atom stereocenters. The lowest BCUT2D eigenvalue weighted by Gasteiger charge is -2.27. The highest BCUT2D eigenvalue weighted by atomic mass is 31.2. The summed E-state index contributed by atoms with van der Waals surface area (Å²) in [5.41, 5.74) is 0.896. The molecule has 1 N–H and O–H groups in total. The Morgan fingerprint density at radius 3 is 2.26 bits per heavy atom. The third-order valence-electron chi connectivity index (χ3n) is 4.38. The summed E-state index contributed by atoms with van der Waals surface area (Å²) in [6.45, 7) is 2.26. The van der Waals surface area contributed by atoms with E-state index in [0.29, 0.717) is 11.7 Å². The lowest BCUT2D eigenvalue weighted by molar-refractivity contribution is 0.137. The number of nitrogens with one attached hydrogen (secondary N) is 1. The third-order valence-corrected chi connectivity index (χ3v) is 7.14.